The van der Waals surface area contributed by atoms with Crippen LogP contribution in [0.5, 0.6) is 5.75 Å². The van der Waals surface area contributed by atoms with Crippen molar-refractivity contribution in [3.63, 3.8) is 0 Å². The summed E-state index contributed by atoms with van der Waals surface area (Å²) < 4.78 is 78.5. The number of rotatable bonds is 11. The number of amides is 1. The average molecular weight is 563 g/mol. The van der Waals surface area contributed by atoms with Crippen LogP contribution in [0.1, 0.15) is 35.1 Å². The molecule has 214 valence electrons. The highest BCUT2D eigenvalue weighted by molar-refractivity contribution is 5.81. The highest BCUT2D eigenvalue weighted by Crippen LogP contribution is 2.29. The number of carbonyl (C=O) groups is 1. The van der Waals surface area contributed by atoms with Gasteiger partial charge in [-0.2, -0.15) is 13.2 Å². The Labute approximate surface area is 229 Å². The predicted molar refractivity (Wildman–Crippen MR) is 139 cm³/mol. The van der Waals surface area contributed by atoms with Gasteiger partial charge in [-0.3, -0.25) is 9.69 Å². The molecule has 1 fully saturated rings. The molecule has 0 bridgehead atoms. The molecule has 1 saturated heterocycles. The summed E-state index contributed by atoms with van der Waals surface area (Å²) in [5.74, 6) is -2.84. The molecule has 5 nitrogen and oxygen atoms in total. The van der Waals surface area contributed by atoms with E-state index in [0.29, 0.717) is 19.7 Å². The fraction of sp³-hybridized carbons (Fsp3) is 0.367. The maximum atomic E-state index is 13.9. The van der Waals surface area contributed by atoms with E-state index in [1.165, 1.54) is 18.2 Å². The molecule has 1 aliphatic heterocycles. The van der Waals surface area contributed by atoms with Crippen LogP contribution >= 0.6 is 0 Å². The number of alkyl halides is 3. The largest absolute Gasteiger partial charge is 0.479 e. The lowest BCUT2D eigenvalue weighted by Gasteiger charge is -2.29. The van der Waals surface area contributed by atoms with Crippen molar-refractivity contribution >= 4 is 5.91 Å². The first-order valence-corrected chi connectivity index (χ1v) is 13.0. The van der Waals surface area contributed by atoms with Crippen molar-refractivity contribution in [2.24, 2.45) is 0 Å². The minimum absolute atomic E-state index is 0.0399. The number of nitrogens with one attached hydrogen (secondary N) is 1. The lowest BCUT2D eigenvalue weighted by molar-refractivity contribution is -0.137. The zero-order chi connectivity index (χ0) is 28.7. The quantitative estimate of drug-likeness (QED) is 0.290. The maximum Gasteiger partial charge on any atom is 0.416 e. The van der Waals surface area contributed by atoms with Crippen LogP contribution in [0.3, 0.4) is 0 Å². The fourth-order valence-corrected chi connectivity index (χ4v) is 4.63. The van der Waals surface area contributed by atoms with Crippen molar-refractivity contribution in [3.8, 4) is 5.75 Å². The Morgan fingerprint density at radius 1 is 1.05 bits per heavy atom. The van der Waals surface area contributed by atoms with Crippen LogP contribution in [-0.4, -0.2) is 42.7 Å². The van der Waals surface area contributed by atoms with Crippen molar-refractivity contribution in [1.29, 1.82) is 0 Å². The summed E-state index contributed by atoms with van der Waals surface area (Å²) in [5, 5.41) is 2.64. The SMILES string of the molecule is Cc1cccc(CN(C[C@H]2CCCO2)C[C@@H](Oc2ccc(F)c(F)c2)C(=O)NCc2cccc(C(F)(F)F)c2)c1. The van der Waals surface area contributed by atoms with Gasteiger partial charge in [-0.25, -0.2) is 8.78 Å². The Bertz CT molecular complexity index is 1290. The number of nitrogens with zero attached hydrogens (tertiary/aromatic N) is 1. The average Bonchev–Trinajstić information content (AvgIpc) is 3.42. The second-order valence-corrected chi connectivity index (χ2v) is 9.92. The lowest BCUT2D eigenvalue weighted by atomic mass is 10.1. The Morgan fingerprint density at radius 3 is 2.52 bits per heavy atom. The van der Waals surface area contributed by atoms with Gasteiger partial charge >= 0.3 is 6.18 Å². The fourth-order valence-electron chi connectivity index (χ4n) is 4.63. The number of halogens is 5. The van der Waals surface area contributed by atoms with Crippen LogP contribution in [0, 0.1) is 18.6 Å². The van der Waals surface area contributed by atoms with Crippen molar-refractivity contribution < 1.29 is 36.2 Å². The van der Waals surface area contributed by atoms with Gasteiger partial charge in [0, 0.05) is 38.9 Å². The summed E-state index contributed by atoms with van der Waals surface area (Å²) in [5.41, 5.74) is 1.51. The first kappa shape index (κ1) is 29.5. The van der Waals surface area contributed by atoms with Gasteiger partial charge in [-0.15, -0.1) is 0 Å². The number of aryl methyl sites for hydroxylation is 1. The van der Waals surface area contributed by atoms with Gasteiger partial charge in [0.2, 0.25) is 0 Å². The second kappa shape index (κ2) is 13.2. The number of benzene rings is 3. The van der Waals surface area contributed by atoms with Crippen LogP contribution in [0.4, 0.5) is 22.0 Å². The third-order valence-corrected chi connectivity index (χ3v) is 6.58. The Morgan fingerprint density at radius 2 is 1.82 bits per heavy atom. The van der Waals surface area contributed by atoms with Gasteiger partial charge in [0.1, 0.15) is 5.75 Å². The van der Waals surface area contributed by atoms with E-state index in [2.05, 4.69) is 5.32 Å². The number of hydrogen-bond donors (Lipinski definition) is 1. The zero-order valence-corrected chi connectivity index (χ0v) is 22.0. The van der Waals surface area contributed by atoms with Gasteiger partial charge in [-0.1, -0.05) is 42.0 Å². The maximum absolute atomic E-state index is 13.9. The molecule has 3 aromatic rings. The summed E-state index contributed by atoms with van der Waals surface area (Å²) in [6, 6.07) is 15.5. The molecule has 4 rings (SSSR count). The standard InChI is InChI=1S/C30H31F5N2O3/c1-20-5-2-7-22(13-20)17-37(18-25-9-4-12-39-25)19-28(40-24-10-11-26(31)27(32)15-24)29(38)36-16-21-6-3-8-23(14-21)30(33,34)35/h2-3,5-8,10-11,13-15,25,28H,4,9,12,16-19H2,1H3,(H,36,38)/t25-,28-/m1/s1. The third kappa shape index (κ3) is 8.50. The molecule has 0 spiro atoms. The summed E-state index contributed by atoms with van der Waals surface area (Å²) in [6.07, 6.45) is -3.95. The summed E-state index contributed by atoms with van der Waals surface area (Å²) in [6.45, 7) is 3.50. The van der Waals surface area contributed by atoms with Gasteiger partial charge in [0.25, 0.3) is 5.91 Å². The van der Waals surface area contributed by atoms with E-state index in [0.717, 1.165) is 48.2 Å². The predicted octanol–water partition coefficient (Wildman–Crippen LogP) is 6.04. The van der Waals surface area contributed by atoms with E-state index in [9.17, 15) is 26.7 Å². The highest BCUT2D eigenvalue weighted by atomic mass is 19.4. The van der Waals surface area contributed by atoms with Crippen molar-refractivity contribution in [1.82, 2.24) is 10.2 Å². The molecule has 0 unspecified atom stereocenters. The van der Waals surface area contributed by atoms with E-state index in [1.807, 2.05) is 36.1 Å². The van der Waals surface area contributed by atoms with E-state index in [1.54, 1.807) is 0 Å². The number of carbonyl (C=O) groups excluding carboxylic acids is 1. The number of hydrogen-bond acceptors (Lipinski definition) is 4. The monoisotopic (exact) mass is 562 g/mol. The molecular weight excluding hydrogens is 531 g/mol. The van der Waals surface area contributed by atoms with Gasteiger partial charge in [-0.05, 0) is 55.2 Å². The smallest absolute Gasteiger partial charge is 0.416 e. The Kier molecular flexibility index (Phi) is 9.76. The third-order valence-electron chi connectivity index (χ3n) is 6.58. The molecule has 0 saturated carbocycles. The molecule has 40 heavy (non-hydrogen) atoms. The molecule has 1 aliphatic rings. The zero-order valence-electron chi connectivity index (χ0n) is 22.0. The summed E-state index contributed by atoms with van der Waals surface area (Å²) in [4.78, 5) is 15.3. The normalized spacial score (nSPS) is 16.2. The molecule has 0 radical (unpaired) electrons. The minimum atomic E-state index is -4.52. The van der Waals surface area contributed by atoms with Crippen LogP contribution in [0.15, 0.2) is 66.7 Å². The Hall–Kier alpha value is -3.50. The summed E-state index contributed by atoms with van der Waals surface area (Å²) >= 11 is 0. The van der Waals surface area contributed by atoms with Crippen molar-refractivity contribution in [3.05, 3.63) is 101 Å². The Balaban J connectivity index is 1.54. The van der Waals surface area contributed by atoms with Crippen LogP contribution in [0.25, 0.3) is 0 Å². The molecule has 3 aromatic carbocycles. The lowest BCUT2D eigenvalue weighted by Crippen LogP contribution is -2.47. The molecule has 1 amide bonds. The minimum Gasteiger partial charge on any atom is -0.479 e. The van der Waals surface area contributed by atoms with E-state index < -0.39 is 35.4 Å². The van der Waals surface area contributed by atoms with Crippen LogP contribution in [0.2, 0.25) is 0 Å². The van der Waals surface area contributed by atoms with Crippen LogP contribution in [-0.2, 0) is 28.8 Å². The van der Waals surface area contributed by atoms with E-state index in [-0.39, 0.29) is 30.5 Å². The topological polar surface area (TPSA) is 50.8 Å². The number of ether oxygens (including phenoxy) is 2. The first-order valence-electron chi connectivity index (χ1n) is 13.0. The molecule has 0 aliphatic carbocycles. The summed E-state index contributed by atoms with van der Waals surface area (Å²) in [7, 11) is 0. The van der Waals surface area contributed by atoms with Gasteiger partial charge in [0.15, 0.2) is 17.7 Å². The highest BCUT2D eigenvalue weighted by Gasteiger charge is 2.31. The molecular formula is C30H31F5N2O3. The molecule has 10 heteroatoms. The second-order valence-electron chi connectivity index (χ2n) is 9.92. The molecule has 1 heterocycles. The van der Waals surface area contributed by atoms with E-state index >= 15 is 0 Å². The van der Waals surface area contributed by atoms with Crippen molar-refractivity contribution in [2.75, 3.05) is 19.7 Å². The van der Waals surface area contributed by atoms with Gasteiger partial charge in [0.05, 0.1) is 11.7 Å². The first-order chi connectivity index (χ1) is 19.1. The van der Waals surface area contributed by atoms with Gasteiger partial charge < -0.3 is 14.8 Å². The molecule has 2 atom stereocenters. The molecule has 1 N–H and O–H groups in total. The van der Waals surface area contributed by atoms with Crippen LogP contribution < -0.4 is 10.1 Å². The molecule has 0 aromatic heterocycles. The van der Waals surface area contributed by atoms with Crippen molar-refractivity contribution in [2.45, 2.75) is 51.2 Å². The van der Waals surface area contributed by atoms with E-state index in [4.69, 9.17) is 9.47 Å².